The zero-order valence-electron chi connectivity index (χ0n) is 21.6. The number of carboxylic acids is 2. The van der Waals surface area contributed by atoms with Crippen LogP contribution in [0, 0.1) is 0 Å². The molecule has 2 aliphatic rings. The van der Waals surface area contributed by atoms with Crippen LogP contribution in [-0.2, 0) is 25.7 Å². The van der Waals surface area contributed by atoms with Crippen LogP contribution in [0.4, 0.5) is 4.79 Å². The van der Waals surface area contributed by atoms with E-state index in [9.17, 15) is 19.2 Å². The number of nitrogens with one attached hydrogen (secondary N) is 3. The van der Waals surface area contributed by atoms with E-state index in [0.29, 0.717) is 0 Å². The molecule has 2 aliphatic carbocycles. The lowest BCUT2D eigenvalue weighted by Crippen LogP contribution is -2.51. The summed E-state index contributed by atoms with van der Waals surface area (Å²) < 4.78 is 4.93. The van der Waals surface area contributed by atoms with E-state index in [1.54, 1.807) is 24.3 Å². The summed E-state index contributed by atoms with van der Waals surface area (Å²) in [7, 11) is 0. The number of aliphatic carboxylic acids is 2. The van der Waals surface area contributed by atoms with Crippen LogP contribution in [0.25, 0.3) is 0 Å². The minimum Gasteiger partial charge on any atom is -0.481 e. The van der Waals surface area contributed by atoms with Gasteiger partial charge in [0.05, 0.1) is 6.42 Å². The molecule has 10 nitrogen and oxygen atoms in total. The first-order valence-electron chi connectivity index (χ1n) is 13.2. The SMILES string of the molecule is C1CCC(NC2CCCCC2)CC1.CC(NC(=O)OCc1ccccc1)C(=O)NC(CC(=O)O)C(=O)O. The summed E-state index contributed by atoms with van der Waals surface area (Å²) in [6.07, 6.45) is 12.9. The molecule has 0 aliphatic heterocycles. The van der Waals surface area contributed by atoms with E-state index < -0.39 is 42.4 Å². The zero-order valence-corrected chi connectivity index (χ0v) is 21.6. The van der Waals surface area contributed by atoms with Gasteiger partial charge in [-0.15, -0.1) is 0 Å². The highest BCUT2D eigenvalue weighted by Crippen LogP contribution is 2.22. The van der Waals surface area contributed by atoms with Crippen LogP contribution in [0.3, 0.4) is 0 Å². The maximum atomic E-state index is 11.8. The second-order valence-corrected chi connectivity index (χ2v) is 9.76. The third-order valence-corrected chi connectivity index (χ3v) is 6.62. The number of carbonyl (C=O) groups is 4. The van der Waals surface area contributed by atoms with Crippen molar-refractivity contribution in [2.45, 2.75) is 108 Å². The van der Waals surface area contributed by atoms with Crippen molar-refractivity contribution in [2.75, 3.05) is 0 Å². The maximum Gasteiger partial charge on any atom is 0.408 e. The van der Waals surface area contributed by atoms with Gasteiger partial charge in [-0.1, -0.05) is 68.9 Å². The molecule has 206 valence electrons. The van der Waals surface area contributed by atoms with E-state index in [2.05, 4.69) is 10.6 Å². The number of hydrogen-bond acceptors (Lipinski definition) is 6. The Kier molecular flexibility index (Phi) is 13.5. The highest BCUT2D eigenvalue weighted by molar-refractivity contribution is 5.90. The molecule has 2 saturated carbocycles. The topological polar surface area (TPSA) is 154 Å². The Morgan fingerprint density at radius 2 is 1.41 bits per heavy atom. The summed E-state index contributed by atoms with van der Waals surface area (Å²) in [5.74, 6) is -3.68. The molecule has 2 fully saturated rings. The van der Waals surface area contributed by atoms with Gasteiger partial charge in [0, 0.05) is 12.1 Å². The molecule has 37 heavy (non-hydrogen) atoms. The molecule has 0 bridgehead atoms. The normalized spacial score (nSPS) is 17.9. The Hall–Kier alpha value is -3.14. The molecule has 10 heteroatoms. The van der Waals surface area contributed by atoms with E-state index >= 15 is 0 Å². The highest BCUT2D eigenvalue weighted by Gasteiger charge is 2.26. The van der Waals surface area contributed by atoms with Gasteiger partial charge >= 0.3 is 18.0 Å². The van der Waals surface area contributed by atoms with Crippen molar-refractivity contribution in [2.24, 2.45) is 0 Å². The van der Waals surface area contributed by atoms with E-state index in [1.165, 1.54) is 71.1 Å². The molecule has 0 radical (unpaired) electrons. The molecular weight excluding hydrogens is 478 g/mol. The second-order valence-electron chi connectivity index (χ2n) is 9.76. The van der Waals surface area contributed by atoms with Crippen molar-refractivity contribution >= 4 is 23.9 Å². The molecule has 2 unspecified atom stereocenters. The minimum absolute atomic E-state index is 0.0117. The van der Waals surface area contributed by atoms with Crippen LogP contribution >= 0.6 is 0 Å². The Morgan fingerprint density at radius 3 is 1.89 bits per heavy atom. The Morgan fingerprint density at radius 1 is 0.865 bits per heavy atom. The number of rotatable bonds is 10. The molecule has 2 atom stereocenters. The van der Waals surface area contributed by atoms with Crippen LogP contribution in [0.5, 0.6) is 0 Å². The van der Waals surface area contributed by atoms with Crippen LogP contribution < -0.4 is 16.0 Å². The minimum atomic E-state index is -1.58. The monoisotopic (exact) mass is 519 g/mol. The van der Waals surface area contributed by atoms with Gasteiger partial charge in [-0.25, -0.2) is 9.59 Å². The summed E-state index contributed by atoms with van der Waals surface area (Å²) in [6, 6.07) is 7.95. The Bertz CT molecular complexity index is 837. The molecule has 5 N–H and O–H groups in total. The average Bonchev–Trinajstić information content (AvgIpc) is 2.89. The van der Waals surface area contributed by atoms with Crippen molar-refractivity contribution in [3.63, 3.8) is 0 Å². The van der Waals surface area contributed by atoms with Gasteiger partial charge in [0.25, 0.3) is 0 Å². The molecule has 2 amide bonds. The lowest BCUT2D eigenvalue weighted by atomic mass is 9.91. The van der Waals surface area contributed by atoms with Crippen molar-refractivity contribution in [1.29, 1.82) is 0 Å². The summed E-state index contributed by atoms with van der Waals surface area (Å²) in [5.41, 5.74) is 0.761. The maximum absolute atomic E-state index is 11.8. The number of hydrogen-bond donors (Lipinski definition) is 5. The van der Waals surface area contributed by atoms with E-state index in [4.69, 9.17) is 14.9 Å². The summed E-state index contributed by atoms with van der Waals surface area (Å²) in [4.78, 5) is 44.9. The third-order valence-electron chi connectivity index (χ3n) is 6.62. The first kappa shape index (κ1) is 30.1. The van der Waals surface area contributed by atoms with E-state index in [-0.39, 0.29) is 6.61 Å². The van der Waals surface area contributed by atoms with Gasteiger partial charge in [0.1, 0.15) is 18.7 Å². The fourth-order valence-corrected chi connectivity index (χ4v) is 4.55. The van der Waals surface area contributed by atoms with Crippen LogP contribution in [0.1, 0.15) is 83.1 Å². The van der Waals surface area contributed by atoms with Gasteiger partial charge in [-0.05, 0) is 38.2 Å². The highest BCUT2D eigenvalue weighted by atomic mass is 16.5. The first-order valence-corrected chi connectivity index (χ1v) is 13.2. The molecule has 1 aromatic carbocycles. The predicted molar refractivity (Wildman–Crippen MR) is 138 cm³/mol. The summed E-state index contributed by atoms with van der Waals surface area (Å²) in [5, 5.41) is 25.6. The van der Waals surface area contributed by atoms with E-state index in [0.717, 1.165) is 17.6 Å². The smallest absolute Gasteiger partial charge is 0.408 e. The fraction of sp³-hybridized carbons (Fsp3) is 0.630. The van der Waals surface area contributed by atoms with Crippen LogP contribution in [0.15, 0.2) is 30.3 Å². The molecular formula is C27H41N3O7. The molecule has 3 rings (SSSR count). The Labute approximate surface area is 218 Å². The van der Waals surface area contributed by atoms with Gasteiger partial charge < -0.3 is 30.9 Å². The molecule has 0 aromatic heterocycles. The molecule has 0 heterocycles. The lowest BCUT2D eigenvalue weighted by molar-refractivity contribution is -0.147. The average molecular weight is 520 g/mol. The zero-order chi connectivity index (χ0) is 27.0. The molecule has 0 spiro atoms. The number of amides is 2. The number of carbonyl (C=O) groups excluding carboxylic acids is 2. The quantitative estimate of drug-likeness (QED) is 0.314. The van der Waals surface area contributed by atoms with Gasteiger partial charge in [0.15, 0.2) is 0 Å². The van der Waals surface area contributed by atoms with Crippen molar-refractivity contribution in [3.8, 4) is 0 Å². The summed E-state index contributed by atoms with van der Waals surface area (Å²) in [6.45, 7) is 1.33. The number of ether oxygens (including phenoxy) is 1. The van der Waals surface area contributed by atoms with E-state index in [1.807, 2.05) is 11.4 Å². The largest absolute Gasteiger partial charge is 0.481 e. The molecule has 0 saturated heterocycles. The van der Waals surface area contributed by atoms with Gasteiger partial charge in [-0.3, -0.25) is 9.59 Å². The second kappa shape index (κ2) is 16.6. The van der Waals surface area contributed by atoms with Crippen LogP contribution in [0.2, 0.25) is 0 Å². The molecule has 1 aromatic rings. The van der Waals surface area contributed by atoms with Crippen molar-refractivity contribution in [1.82, 2.24) is 16.0 Å². The Balaban J connectivity index is 0.000000308. The van der Waals surface area contributed by atoms with Crippen molar-refractivity contribution < 1.29 is 34.1 Å². The lowest BCUT2D eigenvalue weighted by Gasteiger charge is -2.30. The first-order chi connectivity index (χ1) is 17.7. The van der Waals surface area contributed by atoms with Crippen LogP contribution in [-0.4, -0.2) is 58.3 Å². The van der Waals surface area contributed by atoms with Crippen molar-refractivity contribution in [3.05, 3.63) is 35.9 Å². The summed E-state index contributed by atoms with van der Waals surface area (Å²) >= 11 is 0. The predicted octanol–water partition coefficient (Wildman–Crippen LogP) is 3.59. The standard InChI is InChI=1S/C15H18N2O7.C12H23N/c1-9(13(20)17-11(14(21)22)7-12(18)19)16-15(23)24-8-10-5-3-2-4-6-10;1-3-7-11(8-4-1)13-12-9-5-2-6-10-12/h2-6,9,11H,7-8H2,1H3,(H,16,23)(H,17,20)(H,18,19)(H,21,22);11-13H,1-10H2. The number of alkyl carbamates (subject to hydrolysis) is 1. The fourth-order valence-electron chi connectivity index (χ4n) is 4.55. The third kappa shape index (κ3) is 12.6. The van der Waals surface area contributed by atoms with Gasteiger partial charge in [-0.2, -0.15) is 0 Å². The number of carboxylic acid groups (broad SMARTS) is 2. The number of benzene rings is 1. The van der Waals surface area contributed by atoms with Gasteiger partial charge in [0.2, 0.25) is 5.91 Å².